The molecule has 17 heavy (non-hydrogen) atoms. The number of hydrogen-bond acceptors (Lipinski definition) is 2. The van der Waals surface area contributed by atoms with Gasteiger partial charge in [-0.25, -0.2) is 0 Å². The van der Waals surface area contributed by atoms with Crippen molar-refractivity contribution in [3.05, 3.63) is 52.4 Å². The smallest absolute Gasteiger partial charge is 0.173 e. The highest BCUT2D eigenvalue weighted by Crippen LogP contribution is 2.32. The molecule has 4 heteroatoms. The highest BCUT2D eigenvalue weighted by atomic mass is 79.9. The zero-order chi connectivity index (χ0) is 12.3. The summed E-state index contributed by atoms with van der Waals surface area (Å²) in [5.74, 6) is 0.845. The molecule has 90 valence electrons. The Labute approximate surface area is 114 Å². The van der Waals surface area contributed by atoms with E-state index in [2.05, 4.69) is 15.9 Å². The van der Waals surface area contributed by atoms with Gasteiger partial charge in [0.2, 0.25) is 0 Å². The number of alkyl halides is 1. The zero-order valence-corrected chi connectivity index (χ0v) is 11.7. The maximum absolute atomic E-state index is 6.35. The summed E-state index contributed by atoms with van der Waals surface area (Å²) < 4.78 is 11.1. The molecule has 0 N–H and O–H groups in total. The average Bonchev–Trinajstić information content (AvgIpc) is 2.76. The number of benzene rings is 1. The lowest BCUT2D eigenvalue weighted by Gasteiger charge is -2.09. The van der Waals surface area contributed by atoms with Crippen molar-refractivity contribution in [2.24, 2.45) is 0 Å². The van der Waals surface area contributed by atoms with E-state index in [1.54, 1.807) is 13.4 Å². The van der Waals surface area contributed by atoms with Gasteiger partial charge in [0.05, 0.1) is 18.8 Å². The summed E-state index contributed by atoms with van der Waals surface area (Å²) in [4.78, 5) is 0. The molecule has 2 rings (SSSR count). The summed E-state index contributed by atoms with van der Waals surface area (Å²) in [5.41, 5.74) is 2.10. The molecule has 2 nitrogen and oxygen atoms in total. The van der Waals surface area contributed by atoms with Crippen LogP contribution in [0.15, 0.2) is 45.7 Å². The third-order valence-corrected chi connectivity index (χ3v) is 3.57. The minimum Gasteiger partial charge on any atom is -0.497 e. The van der Waals surface area contributed by atoms with Gasteiger partial charge < -0.3 is 9.15 Å². The summed E-state index contributed by atoms with van der Waals surface area (Å²) in [7, 11) is 1.66. The van der Waals surface area contributed by atoms with Crippen LogP contribution in [0, 0.1) is 0 Å². The Hall–Kier alpha value is -0.930. The van der Waals surface area contributed by atoms with Crippen LogP contribution in [-0.4, -0.2) is 7.11 Å². The molecular formula is C13H12BrClO2. The Balaban J connectivity index is 2.13. The predicted molar refractivity (Wildman–Crippen MR) is 71.7 cm³/mol. The molecule has 0 aliphatic carbocycles. The van der Waals surface area contributed by atoms with Crippen molar-refractivity contribution in [1.29, 1.82) is 0 Å². The highest BCUT2D eigenvalue weighted by Gasteiger charge is 2.14. The van der Waals surface area contributed by atoms with Gasteiger partial charge in [-0.1, -0.05) is 12.1 Å². The largest absolute Gasteiger partial charge is 0.497 e. The maximum atomic E-state index is 6.35. The first-order valence-electron chi connectivity index (χ1n) is 5.20. The lowest BCUT2D eigenvalue weighted by molar-refractivity contribution is 0.414. The fraction of sp³-hybridized carbons (Fsp3) is 0.231. The van der Waals surface area contributed by atoms with Crippen LogP contribution in [0.3, 0.4) is 0 Å². The van der Waals surface area contributed by atoms with E-state index in [-0.39, 0.29) is 5.38 Å². The Morgan fingerprint density at radius 3 is 2.88 bits per heavy atom. The second-order valence-electron chi connectivity index (χ2n) is 3.67. The van der Waals surface area contributed by atoms with Crippen molar-refractivity contribution < 1.29 is 9.15 Å². The van der Waals surface area contributed by atoms with E-state index in [1.807, 2.05) is 30.3 Å². The molecule has 2 aromatic rings. The van der Waals surface area contributed by atoms with E-state index in [0.29, 0.717) is 4.67 Å². The van der Waals surface area contributed by atoms with Gasteiger partial charge in [-0.05, 0) is 46.1 Å². The first-order chi connectivity index (χ1) is 8.20. The quantitative estimate of drug-likeness (QED) is 0.771. The van der Waals surface area contributed by atoms with Crippen molar-refractivity contribution in [3.8, 4) is 5.75 Å². The molecule has 0 saturated heterocycles. The van der Waals surface area contributed by atoms with Crippen molar-refractivity contribution in [2.75, 3.05) is 7.11 Å². The van der Waals surface area contributed by atoms with E-state index in [9.17, 15) is 0 Å². The number of furan rings is 1. The molecule has 1 unspecified atom stereocenters. The van der Waals surface area contributed by atoms with Gasteiger partial charge in [0.15, 0.2) is 4.67 Å². The third-order valence-electron chi connectivity index (χ3n) is 2.53. The van der Waals surface area contributed by atoms with E-state index < -0.39 is 0 Å². The minimum atomic E-state index is -0.116. The Morgan fingerprint density at radius 1 is 1.41 bits per heavy atom. The van der Waals surface area contributed by atoms with E-state index >= 15 is 0 Å². The predicted octanol–water partition coefficient (Wildman–Crippen LogP) is 4.57. The summed E-state index contributed by atoms with van der Waals surface area (Å²) >= 11 is 9.68. The number of hydrogen-bond donors (Lipinski definition) is 0. The highest BCUT2D eigenvalue weighted by molar-refractivity contribution is 9.10. The first-order valence-corrected chi connectivity index (χ1v) is 6.43. The van der Waals surface area contributed by atoms with Crippen LogP contribution in [0.25, 0.3) is 0 Å². The number of methoxy groups -OCH3 is 1. The Kier molecular flexibility index (Phi) is 4.13. The van der Waals surface area contributed by atoms with E-state index in [0.717, 1.165) is 23.3 Å². The molecule has 0 aliphatic heterocycles. The molecule has 1 aromatic carbocycles. The summed E-state index contributed by atoms with van der Waals surface area (Å²) in [6, 6.07) is 9.78. The molecule has 0 bridgehead atoms. The SMILES string of the molecule is COc1cccc(CC(Cl)c2ccoc2Br)c1. The fourth-order valence-electron chi connectivity index (χ4n) is 1.64. The van der Waals surface area contributed by atoms with Crippen LogP contribution in [0.1, 0.15) is 16.5 Å². The van der Waals surface area contributed by atoms with Crippen molar-refractivity contribution >= 4 is 27.5 Å². The monoisotopic (exact) mass is 314 g/mol. The molecule has 0 radical (unpaired) electrons. The second-order valence-corrected chi connectivity index (χ2v) is 4.92. The summed E-state index contributed by atoms with van der Waals surface area (Å²) in [5, 5.41) is -0.116. The number of rotatable bonds is 4. The zero-order valence-electron chi connectivity index (χ0n) is 9.32. The minimum absolute atomic E-state index is 0.116. The molecule has 0 saturated carbocycles. The summed E-state index contributed by atoms with van der Waals surface area (Å²) in [6.07, 6.45) is 2.36. The molecule has 0 fully saturated rings. The molecule has 1 atom stereocenters. The van der Waals surface area contributed by atoms with Gasteiger partial charge >= 0.3 is 0 Å². The number of halogens is 2. The van der Waals surface area contributed by atoms with Crippen molar-refractivity contribution in [2.45, 2.75) is 11.8 Å². The Morgan fingerprint density at radius 2 is 2.24 bits per heavy atom. The van der Waals surface area contributed by atoms with Gasteiger partial charge in [0, 0.05) is 5.56 Å². The van der Waals surface area contributed by atoms with Crippen LogP contribution in [0.5, 0.6) is 5.75 Å². The van der Waals surface area contributed by atoms with Crippen LogP contribution < -0.4 is 4.74 Å². The maximum Gasteiger partial charge on any atom is 0.173 e. The molecule has 0 aliphatic rings. The Bertz CT molecular complexity index is 496. The molecular weight excluding hydrogens is 303 g/mol. The molecule has 0 amide bonds. The standard InChI is InChI=1S/C13H12BrClO2/c1-16-10-4-2-3-9(7-10)8-12(15)11-5-6-17-13(11)14/h2-7,12H,8H2,1H3. The fourth-order valence-corrected chi connectivity index (χ4v) is 2.64. The van der Waals surface area contributed by atoms with Gasteiger partial charge in [0.1, 0.15) is 5.75 Å². The molecule has 1 heterocycles. The van der Waals surface area contributed by atoms with E-state index in [4.69, 9.17) is 20.8 Å². The van der Waals surface area contributed by atoms with Gasteiger partial charge in [-0.3, -0.25) is 0 Å². The molecule has 0 spiro atoms. The first kappa shape index (κ1) is 12.5. The van der Waals surface area contributed by atoms with Gasteiger partial charge in [-0.2, -0.15) is 0 Å². The number of ether oxygens (including phenoxy) is 1. The van der Waals surface area contributed by atoms with Crippen molar-refractivity contribution in [3.63, 3.8) is 0 Å². The van der Waals surface area contributed by atoms with Crippen LogP contribution in [-0.2, 0) is 6.42 Å². The normalized spacial score (nSPS) is 12.4. The van der Waals surface area contributed by atoms with Crippen LogP contribution in [0.2, 0.25) is 0 Å². The second kappa shape index (κ2) is 5.61. The van der Waals surface area contributed by atoms with Gasteiger partial charge in [-0.15, -0.1) is 11.6 Å². The van der Waals surface area contributed by atoms with Crippen molar-refractivity contribution in [1.82, 2.24) is 0 Å². The lowest BCUT2D eigenvalue weighted by Crippen LogP contribution is -1.95. The lowest BCUT2D eigenvalue weighted by atomic mass is 10.1. The van der Waals surface area contributed by atoms with Crippen LogP contribution in [0.4, 0.5) is 0 Å². The third kappa shape index (κ3) is 3.05. The van der Waals surface area contributed by atoms with E-state index in [1.165, 1.54) is 0 Å². The topological polar surface area (TPSA) is 22.4 Å². The average molecular weight is 316 g/mol. The van der Waals surface area contributed by atoms with Crippen LogP contribution >= 0.6 is 27.5 Å². The molecule has 1 aromatic heterocycles. The van der Waals surface area contributed by atoms with Gasteiger partial charge in [0.25, 0.3) is 0 Å². The summed E-state index contributed by atoms with van der Waals surface area (Å²) in [6.45, 7) is 0.